The number of nitrogens with zero attached hydrogens (tertiary/aromatic N) is 3. The molecule has 160 valence electrons. The molecule has 1 N–H and O–H groups in total. The molecule has 6 nitrogen and oxygen atoms in total. The molecule has 0 aliphatic rings. The summed E-state index contributed by atoms with van der Waals surface area (Å²) in [6, 6.07) is 9.77. The first-order valence-corrected chi connectivity index (χ1v) is 10.8. The first kappa shape index (κ1) is 21.0. The third-order valence-electron chi connectivity index (χ3n) is 5.52. The molecule has 0 saturated heterocycles. The van der Waals surface area contributed by atoms with E-state index in [1.165, 1.54) is 24.3 Å². The van der Waals surface area contributed by atoms with Gasteiger partial charge in [-0.1, -0.05) is 30.7 Å². The van der Waals surface area contributed by atoms with Crippen molar-refractivity contribution in [2.45, 2.75) is 32.7 Å². The lowest BCUT2D eigenvalue weighted by Gasteiger charge is -2.27. The van der Waals surface area contributed by atoms with Crippen LogP contribution in [0.5, 0.6) is 0 Å². The fourth-order valence-corrected chi connectivity index (χ4v) is 4.83. The molecular formula is C23H22FN3O3S. The Labute approximate surface area is 182 Å². The predicted molar refractivity (Wildman–Crippen MR) is 119 cm³/mol. The first-order chi connectivity index (χ1) is 14.8. The number of carboxylic acids is 1. The van der Waals surface area contributed by atoms with Gasteiger partial charge >= 0.3 is 5.97 Å². The maximum atomic E-state index is 15.1. The summed E-state index contributed by atoms with van der Waals surface area (Å²) in [5.74, 6) is -1.43. The number of aromatic carboxylic acids is 1. The third kappa shape index (κ3) is 3.79. The molecule has 0 bridgehead atoms. The van der Waals surface area contributed by atoms with Gasteiger partial charge in [-0.25, -0.2) is 14.2 Å². The fraction of sp³-hybridized carbons (Fsp3) is 0.261. The van der Waals surface area contributed by atoms with E-state index in [1.54, 1.807) is 42.4 Å². The molecule has 0 radical (unpaired) electrons. The third-order valence-corrected chi connectivity index (χ3v) is 6.54. The standard InChI is InChI=1S/C23H22FN3O3S/c1-4-5-19(26(3)13(2)28)14-6-8-16(17(24)10-14)18-12-27-20-9-7-15(22(29)30)11-21(20)31-23(27)25-18/h6-12,19H,4-5H2,1-3H3,(H,29,30). The molecule has 0 aliphatic carbocycles. The lowest BCUT2D eigenvalue weighted by atomic mass is 9.98. The van der Waals surface area contributed by atoms with Crippen molar-refractivity contribution in [3.05, 3.63) is 59.5 Å². The van der Waals surface area contributed by atoms with E-state index in [0.717, 1.165) is 28.6 Å². The molecule has 1 atom stereocenters. The van der Waals surface area contributed by atoms with E-state index in [2.05, 4.69) is 4.98 Å². The van der Waals surface area contributed by atoms with Crippen LogP contribution in [0.4, 0.5) is 4.39 Å². The minimum atomic E-state index is -0.979. The summed E-state index contributed by atoms with van der Waals surface area (Å²) in [6.07, 6.45) is 3.39. The highest BCUT2D eigenvalue weighted by molar-refractivity contribution is 7.23. The van der Waals surface area contributed by atoms with Crippen LogP contribution in [0.1, 0.15) is 48.7 Å². The van der Waals surface area contributed by atoms with E-state index in [1.807, 2.05) is 17.4 Å². The van der Waals surface area contributed by atoms with Gasteiger partial charge in [0, 0.05) is 25.7 Å². The van der Waals surface area contributed by atoms with Gasteiger partial charge < -0.3 is 10.0 Å². The number of imidazole rings is 1. The van der Waals surface area contributed by atoms with Gasteiger partial charge in [0.15, 0.2) is 4.96 Å². The summed E-state index contributed by atoms with van der Waals surface area (Å²) in [5, 5.41) is 9.17. The van der Waals surface area contributed by atoms with Crippen molar-refractivity contribution in [2.75, 3.05) is 7.05 Å². The smallest absolute Gasteiger partial charge is 0.335 e. The first-order valence-electron chi connectivity index (χ1n) is 9.98. The molecule has 4 rings (SSSR count). The molecule has 8 heteroatoms. The zero-order chi connectivity index (χ0) is 22.3. The van der Waals surface area contributed by atoms with Crippen molar-refractivity contribution in [2.24, 2.45) is 0 Å². The van der Waals surface area contributed by atoms with E-state index in [9.17, 15) is 14.7 Å². The summed E-state index contributed by atoms with van der Waals surface area (Å²) >= 11 is 1.36. The minimum Gasteiger partial charge on any atom is -0.478 e. The van der Waals surface area contributed by atoms with E-state index >= 15 is 4.39 Å². The number of amides is 1. The lowest BCUT2D eigenvalue weighted by Crippen LogP contribution is -2.29. The molecular weight excluding hydrogens is 417 g/mol. The SMILES string of the molecule is CCCC(c1ccc(-c2cn3c(n2)sc2cc(C(=O)O)ccc23)c(F)c1)N(C)C(C)=O. The van der Waals surface area contributed by atoms with E-state index in [4.69, 9.17) is 0 Å². The molecule has 2 aromatic heterocycles. The molecule has 4 aromatic rings. The number of aromatic nitrogens is 2. The largest absolute Gasteiger partial charge is 0.478 e. The summed E-state index contributed by atoms with van der Waals surface area (Å²) in [7, 11) is 1.73. The van der Waals surface area contributed by atoms with Crippen LogP contribution in [0, 0.1) is 5.82 Å². The maximum Gasteiger partial charge on any atom is 0.335 e. The molecule has 2 heterocycles. The van der Waals surface area contributed by atoms with Crippen LogP contribution in [-0.2, 0) is 4.79 Å². The minimum absolute atomic E-state index is 0.0600. The molecule has 1 amide bonds. The Morgan fingerprint density at radius 2 is 2.03 bits per heavy atom. The summed E-state index contributed by atoms with van der Waals surface area (Å²) in [5.41, 5.74) is 2.69. The Morgan fingerprint density at radius 1 is 1.26 bits per heavy atom. The number of carbonyl (C=O) groups is 2. The average molecular weight is 440 g/mol. The Hall–Kier alpha value is -3.26. The van der Waals surface area contributed by atoms with Crippen LogP contribution in [0.3, 0.4) is 0 Å². The van der Waals surface area contributed by atoms with E-state index in [0.29, 0.717) is 16.2 Å². The highest BCUT2D eigenvalue weighted by Crippen LogP contribution is 2.33. The topological polar surface area (TPSA) is 74.9 Å². The number of benzene rings is 2. The van der Waals surface area contributed by atoms with Gasteiger partial charge in [-0.05, 0) is 42.3 Å². The average Bonchev–Trinajstić information content (AvgIpc) is 3.28. The van der Waals surface area contributed by atoms with Crippen molar-refractivity contribution < 1.29 is 19.1 Å². The number of thiazole rings is 1. The quantitative estimate of drug-likeness (QED) is 0.438. The molecule has 31 heavy (non-hydrogen) atoms. The van der Waals surface area contributed by atoms with Crippen molar-refractivity contribution in [3.63, 3.8) is 0 Å². The number of carbonyl (C=O) groups excluding carboxylic acids is 1. The number of rotatable bonds is 6. The van der Waals surface area contributed by atoms with Crippen LogP contribution >= 0.6 is 11.3 Å². The predicted octanol–water partition coefficient (Wildman–Crippen LogP) is 5.37. The lowest BCUT2D eigenvalue weighted by molar-refractivity contribution is -0.129. The molecule has 2 aromatic carbocycles. The van der Waals surface area contributed by atoms with Gasteiger partial charge in [0.1, 0.15) is 5.82 Å². The van der Waals surface area contributed by atoms with Gasteiger partial charge in [0.2, 0.25) is 5.91 Å². The molecule has 0 fully saturated rings. The van der Waals surface area contributed by atoms with Crippen LogP contribution in [-0.4, -0.2) is 38.3 Å². The number of hydrogen-bond acceptors (Lipinski definition) is 4. The van der Waals surface area contributed by atoms with Gasteiger partial charge in [-0.15, -0.1) is 0 Å². The molecule has 0 aliphatic heterocycles. The molecule has 1 unspecified atom stereocenters. The van der Waals surface area contributed by atoms with Crippen molar-refractivity contribution in [1.29, 1.82) is 0 Å². The van der Waals surface area contributed by atoms with Crippen LogP contribution in [0.2, 0.25) is 0 Å². The monoisotopic (exact) mass is 439 g/mol. The second-order valence-electron chi connectivity index (χ2n) is 7.54. The Bertz CT molecular complexity index is 1310. The maximum absolute atomic E-state index is 15.1. The summed E-state index contributed by atoms with van der Waals surface area (Å²) < 4.78 is 17.7. The number of carboxylic acid groups (broad SMARTS) is 1. The van der Waals surface area contributed by atoms with Gasteiger partial charge in [-0.3, -0.25) is 9.20 Å². The van der Waals surface area contributed by atoms with Crippen molar-refractivity contribution in [3.8, 4) is 11.3 Å². The van der Waals surface area contributed by atoms with Gasteiger partial charge in [0.05, 0.1) is 27.5 Å². The van der Waals surface area contributed by atoms with E-state index in [-0.39, 0.29) is 17.5 Å². The van der Waals surface area contributed by atoms with Crippen molar-refractivity contribution in [1.82, 2.24) is 14.3 Å². The molecule has 0 saturated carbocycles. The zero-order valence-electron chi connectivity index (χ0n) is 17.4. The number of halogens is 1. The second-order valence-corrected chi connectivity index (χ2v) is 8.55. The summed E-state index contributed by atoms with van der Waals surface area (Å²) in [4.78, 5) is 29.9. The highest BCUT2D eigenvalue weighted by atomic mass is 32.1. The van der Waals surface area contributed by atoms with Crippen LogP contribution < -0.4 is 0 Å². The zero-order valence-corrected chi connectivity index (χ0v) is 18.2. The number of hydrogen-bond donors (Lipinski definition) is 1. The van der Waals surface area contributed by atoms with Crippen LogP contribution in [0.25, 0.3) is 26.4 Å². The van der Waals surface area contributed by atoms with E-state index < -0.39 is 11.8 Å². The molecule has 0 spiro atoms. The Balaban J connectivity index is 1.72. The normalized spacial score (nSPS) is 12.4. The van der Waals surface area contributed by atoms with Gasteiger partial charge in [-0.2, -0.15) is 0 Å². The van der Waals surface area contributed by atoms with Crippen molar-refractivity contribution >= 4 is 38.4 Å². The Kier molecular flexibility index (Phi) is 5.49. The highest BCUT2D eigenvalue weighted by Gasteiger charge is 2.21. The number of fused-ring (bicyclic) bond motifs is 3. The Morgan fingerprint density at radius 3 is 2.68 bits per heavy atom. The van der Waals surface area contributed by atoms with Gasteiger partial charge in [0.25, 0.3) is 0 Å². The summed E-state index contributed by atoms with van der Waals surface area (Å²) in [6.45, 7) is 3.54. The fourth-order valence-electron chi connectivity index (χ4n) is 3.79. The second kappa shape index (κ2) is 8.11. The van der Waals surface area contributed by atoms with Crippen LogP contribution in [0.15, 0.2) is 42.6 Å².